The van der Waals surface area contributed by atoms with Crippen molar-refractivity contribution >= 4 is 22.5 Å². The number of carbonyl (C=O) groups is 1. The standard InChI is InChI=1S/C28H31N3O3/c1-21(24-15-11-13-22-12-7-8-14-25(22)24)29-18-9-5-4-6-10-19-30-28(32)31-26-17-16-23(33-2)20-27(26)34-3/h5,7-9,11-17,20-21,29H,10,18-19H2,1-3H3,(H2,30,31,32)/t21-/m1/s1. The van der Waals surface area contributed by atoms with E-state index in [0.29, 0.717) is 30.2 Å². The molecule has 0 saturated heterocycles. The molecule has 6 heteroatoms. The second kappa shape index (κ2) is 12.9. The van der Waals surface area contributed by atoms with E-state index in [0.717, 1.165) is 6.54 Å². The molecule has 3 aromatic rings. The third kappa shape index (κ3) is 7.03. The van der Waals surface area contributed by atoms with Gasteiger partial charge in [-0.3, -0.25) is 0 Å². The molecule has 0 aliphatic heterocycles. The average molecular weight is 458 g/mol. The number of amides is 2. The Morgan fingerprint density at radius 2 is 1.88 bits per heavy atom. The molecular weight excluding hydrogens is 426 g/mol. The maximum Gasteiger partial charge on any atom is 0.319 e. The van der Waals surface area contributed by atoms with Gasteiger partial charge in [0, 0.05) is 31.6 Å². The Labute approximate surface area is 201 Å². The fourth-order valence-electron chi connectivity index (χ4n) is 3.54. The molecule has 2 amide bonds. The minimum Gasteiger partial charge on any atom is -0.497 e. The zero-order valence-electron chi connectivity index (χ0n) is 19.9. The predicted molar refractivity (Wildman–Crippen MR) is 138 cm³/mol. The van der Waals surface area contributed by atoms with Crippen LogP contribution >= 0.6 is 0 Å². The highest BCUT2D eigenvalue weighted by molar-refractivity contribution is 5.91. The molecule has 0 spiro atoms. The maximum atomic E-state index is 12.1. The van der Waals surface area contributed by atoms with Crippen molar-refractivity contribution in [2.45, 2.75) is 19.4 Å². The van der Waals surface area contributed by atoms with E-state index in [1.807, 2.05) is 12.2 Å². The van der Waals surface area contributed by atoms with Crippen molar-refractivity contribution < 1.29 is 14.3 Å². The lowest BCUT2D eigenvalue weighted by Gasteiger charge is -2.15. The van der Waals surface area contributed by atoms with Crippen LogP contribution in [-0.2, 0) is 0 Å². The van der Waals surface area contributed by atoms with Gasteiger partial charge in [0.1, 0.15) is 11.5 Å². The summed E-state index contributed by atoms with van der Waals surface area (Å²) in [5.74, 6) is 7.23. The number of methoxy groups -OCH3 is 2. The molecule has 0 fully saturated rings. The first-order valence-electron chi connectivity index (χ1n) is 11.2. The number of fused-ring (bicyclic) bond motifs is 1. The van der Waals surface area contributed by atoms with E-state index in [9.17, 15) is 4.79 Å². The number of benzene rings is 3. The monoisotopic (exact) mass is 457 g/mol. The van der Waals surface area contributed by atoms with Crippen molar-refractivity contribution in [1.82, 2.24) is 10.6 Å². The summed E-state index contributed by atoms with van der Waals surface area (Å²) in [6.45, 7) is 3.34. The van der Waals surface area contributed by atoms with Crippen molar-refractivity contribution in [3.05, 3.63) is 78.4 Å². The van der Waals surface area contributed by atoms with Crippen LogP contribution in [0, 0.1) is 11.8 Å². The largest absolute Gasteiger partial charge is 0.497 e. The molecular formula is C28H31N3O3. The van der Waals surface area contributed by atoms with Gasteiger partial charge in [0.05, 0.1) is 19.9 Å². The van der Waals surface area contributed by atoms with Gasteiger partial charge in [-0.05, 0) is 41.5 Å². The lowest BCUT2D eigenvalue weighted by atomic mass is 10.00. The number of hydrogen-bond donors (Lipinski definition) is 3. The second-order valence-corrected chi connectivity index (χ2v) is 7.62. The highest BCUT2D eigenvalue weighted by atomic mass is 16.5. The van der Waals surface area contributed by atoms with Gasteiger partial charge in [0.25, 0.3) is 0 Å². The molecule has 3 aromatic carbocycles. The Balaban J connectivity index is 1.36. The Morgan fingerprint density at radius 1 is 1.06 bits per heavy atom. The fourth-order valence-corrected chi connectivity index (χ4v) is 3.54. The maximum absolute atomic E-state index is 12.1. The number of anilines is 1. The van der Waals surface area contributed by atoms with Crippen LogP contribution in [0.15, 0.2) is 72.8 Å². The van der Waals surface area contributed by atoms with Crippen LogP contribution in [0.2, 0.25) is 0 Å². The molecule has 0 aromatic heterocycles. The number of rotatable bonds is 9. The number of allylic oxidation sites excluding steroid dienone is 1. The third-order valence-corrected chi connectivity index (χ3v) is 5.33. The summed E-state index contributed by atoms with van der Waals surface area (Å²) in [6.07, 6.45) is 4.40. The number of ether oxygens (including phenoxy) is 2. The van der Waals surface area contributed by atoms with Crippen molar-refractivity contribution in [3.8, 4) is 23.3 Å². The zero-order chi connectivity index (χ0) is 24.2. The van der Waals surface area contributed by atoms with Crippen LogP contribution in [0.25, 0.3) is 10.8 Å². The SMILES string of the molecule is COc1ccc(NC(=O)NCCC#CC=CCN[C@H](C)c2cccc3ccccc23)c(OC)c1. The van der Waals surface area contributed by atoms with Crippen LogP contribution in [-0.4, -0.2) is 33.3 Å². The average Bonchev–Trinajstić information content (AvgIpc) is 2.87. The summed E-state index contributed by atoms with van der Waals surface area (Å²) >= 11 is 0. The van der Waals surface area contributed by atoms with Gasteiger partial charge in [-0.2, -0.15) is 0 Å². The van der Waals surface area contributed by atoms with Gasteiger partial charge < -0.3 is 25.4 Å². The number of hydrogen-bond acceptors (Lipinski definition) is 4. The minimum absolute atomic E-state index is 0.232. The third-order valence-electron chi connectivity index (χ3n) is 5.33. The smallest absolute Gasteiger partial charge is 0.319 e. The van der Waals surface area contributed by atoms with Crippen molar-refractivity contribution in [2.24, 2.45) is 0 Å². The van der Waals surface area contributed by atoms with Gasteiger partial charge in [-0.25, -0.2) is 4.79 Å². The van der Waals surface area contributed by atoms with Crippen LogP contribution < -0.4 is 25.4 Å². The minimum atomic E-state index is -0.313. The molecule has 3 rings (SSSR count). The lowest BCUT2D eigenvalue weighted by molar-refractivity contribution is 0.252. The molecule has 176 valence electrons. The Kier molecular flexibility index (Phi) is 9.39. The normalized spacial score (nSPS) is 11.5. The van der Waals surface area contributed by atoms with Gasteiger partial charge in [-0.15, -0.1) is 0 Å². The molecule has 0 radical (unpaired) electrons. The molecule has 0 bridgehead atoms. The van der Waals surface area contributed by atoms with E-state index in [1.54, 1.807) is 32.4 Å². The van der Waals surface area contributed by atoms with Gasteiger partial charge in [0.2, 0.25) is 0 Å². The summed E-state index contributed by atoms with van der Waals surface area (Å²) in [5, 5.41) is 11.6. The van der Waals surface area contributed by atoms with Gasteiger partial charge in [0.15, 0.2) is 0 Å². The quantitative estimate of drug-likeness (QED) is 0.302. The van der Waals surface area contributed by atoms with E-state index in [2.05, 4.69) is 77.2 Å². The molecule has 0 saturated carbocycles. The van der Waals surface area contributed by atoms with Crippen molar-refractivity contribution in [3.63, 3.8) is 0 Å². The lowest BCUT2D eigenvalue weighted by Crippen LogP contribution is -2.29. The Morgan fingerprint density at radius 3 is 2.71 bits per heavy atom. The summed E-state index contributed by atoms with van der Waals surface area (Å²) in [6, 6.07) is 19.9. The summed E-state index contributed by atoms with van der Waals surface area (Å²) in [5.41, 5.74) is 1.86. The first kappa shape index (κ1) is 24.7. The first-order chi connectivity index (χ1) is 16.6. The molecule has 0 unspecified atom stereocenters. The summed E-state index contributed by atoms with van der Waals surface area (Å²) < 4.78 is 10.4. The molecule has 0 aliphatic rings. The predicted octanol–water partition coefficient (Wildman–Crippen LogP) is 5.28. The first-order valence-corrected chi connectivity index (χ1v) is 11.2. The fraction of sp³-hybridized carbons (Fsp3) is 0.250. The van der Waals surface area contributed by atoms with E-state index >= 15 is 0 Å². The zero-order valence-corrected chi connectivity index (χ0v) is 19.9. The van der Waals surface area contributed by atoms with E-state index in [1.165, 1.54) is 16.3 Å². The highest BCUT2D eigenvalue weighted by Gasteiger charge is 2.08. The molecule has 0 aliphatic carbocycles. The highest BCUT2D eigenvalue weighted by Crippen LogP contribution is 2.28. The topological polar surface area (TPSA) is 71.6 Å². The molecule has 6 nitrogen and oxygen atoms in total. The number of urea groups is 1. The van der Waals surface area contributed by atoms with Crippen LogP contribution in [0.3, 0.4) is 0 Å². The summed E-state index contributed by atoms with van der Waals surface area (Å²) in [4.78, 5) is 12.1. The van der Waals surface area contributed by atoms with Crippen LogP contribution in [0.1, 0.15) is 24.9 Å². The Bertz CT molecular complexity index is 1190. The molecule has 1 atom stereocenters. The molecule has 3 N–H and O–H groups in total. The Hall–Kier alpha value is -3.95. The summed E-state index contributed by atoms with van der Waals surface area (Å²) in [7, 11) is 3.12. The van der Waals surface area contributed by atoms with Crippen molar-refractivity contribution in [2.75, 3.05) is 32.6 Å². The van der Waals surface area contributed by atoms with E-state index < -0.39 is 0 Å². The van der Waals surface area contributed by atoms with Crippen LogP contribution in [0.4, 0.5) is 10.5 Å². The van der Waals surface area contributed by atoms with Gasteiger partial charge in [-0.1, -0.05) is 60.4 Å². The van der Waals surface area contributed by atoms with E-state index in [4.69, 9.17) is 9.47 Å². The molecule has 34 heavy (non-hydrogen) atoms. The molecule has 0 heterocycles. The second-order valence-electron chi connectivity index (χ2n) is 7.62. The van der Waals surface area contributed by atoms with Crippen LogP contribution in [0.5, 0.6) is 11.5 Å². The van der Waals surface area contributed by atoms with E-state index in [-0.39, 0.29) is 12.1 Å². The number of carbonyl (C=O) groups excluding carboxylic acids is 1. The number of nitrogens with one attached hydrogen (secondary N) is 3. The van der Waals surface area contributed by atoms with Crippen molar-refractivity contribution in [1.29, 1.82) is 0 Å². The van der Waals surface area contributed by atoms with Gasteiger partial charge >= 0.3 is 6.03 Å².